The van der Waals surface area contributed by atoms with Crippen LogP contribution in [0.5, 0.6) is 5.75 Å². The third kappa shape index (κ3) is 4.96. The molecule has 0 saturated carbocycles. The molecule has 2 aromatic rings. The first-order valence-electron chi connectivity index (χ1n) is 7.93. The third-order valence-electron chi connectivity index (χ3n) is 3.74. The number of carbonyl (C=O) groups excluding carboxylic acids is 1. The van der Waals surface area contributed by atoms with Crippen LogP contribution in [0.25, 0.3) is 6.08 Å². The van der Waals surface area contributed by atoms with Gasteiger partial charge in [-0.3, -0.25) is 4.79 Å². The predicted octanol–water partition coefficient (Wildman–Crippen LogP) is 3.26. The Morgan fingerprint density at radius 1 is 1.25 bits per heavy atom. The van der Waals surface area contributed by atoms with Gasteiger partial charge in [-0.15, -0.1) is 0 Å². The molecule has 0 aliphatic rings. The Kier molecular flexibility index (Phi) is 6.58. The molecule has 2 N–H and O–H groups in total. The third-order valence-corrected chi connectivity index (χ3v) is 3.74. The maximum Gasteiger partial charge on any atom is 0.244 e. The Hall–Kier alpha value is -2.59. The van der Waals surface area contributed by atoms with Gasteiger partial charge in [0.25, 0.3) is 0 Å². The highest BCUT2D eigenvalue weighted by Gasteiger charge is 2.12. The average Bonchev–Trinajstić information content (AvgIpc) is 2.60. The minimum Gasteiger partial charge on any atom is -0.496 e. The lowest BCUT2D eigenvalue weighted by Gasteiger charge is -2.17. The van der Waals surface area contributed by atoms with Gasteiger partial charge in [0.2, 0.25) is 5.91 Å². The van der Waals surface area contributed by atoms with Crippen molar-refractivity contribution in [3.8, 4) is 5.75 Å². The van der Waals surface area contributed by atoms with Crippen molar-refractivity contribution in [2.45, 2.75) is 19.4 Å². The Bertz CT molecular complexity index is 695. The Morgan fingerprint density at radius 3 is 2.67 bits per heavy atom. The summed E-state index contributed by atoms with van der Waals surface area (Å²) in [6.07, 6.45) is 3.70. The summed E-state index contributed by atoms with van der Waals surface area (Å²) in [5.74, 6) is 0.514. The summed E-state index contributed by atoms with van der Waals surface area (Å²) in [5, 5.41) is 12.2. The molecule has 0 radical (unpaired) electrons. The Morgan fingerprint density at radius 2 is 2.00 bits per heavy atom. The number of aryl methyl sites for hydroxylation is 1. The smallest absolute Gasteiger partial charge is 0.244 e. The van der Waals surface area contributed by atoms with E-state index in [1.165, 1.54) is 6.08 Å². The molecule has 2 rings (SSSR count). The van der Waals surface area contributed by atoms with Crippen LogP contribution in [0.1, 0.15) is 29.2 Å². The fourth-order valence-corrected chi connectivity index (χ4v) is 2.51. The van der Waals surface area contributed by atoms with Crippen LogP contribution in [-0.4, -0.2) is 24.7 Å². The number of aliphatic hydroxyl groups is 1. The van der Waals surface area contributed by atoms with Crippen molar-refractivity contribution in [1.29, 1.82) is 0 Å². The number of benzene rings is 2. The van der Waals surface area contributed by atoms with Gasteiger partial charge in [-0.2, -0.15) is 0 Å². The maximum absolute atomic E-state index is 12.2. The molecule has 0 heterocycles. The number of carbonyl (C=O) groups is 1. The molecular formula is C20H23NO3. The van der Waals surface area contributed by atoms with Gasteiger partial charge < -0.3 is 15.2 Å². The van der Waals surface area contributed by atoms with E-state index in [1.54, 1.807) is 13.2 Å². The highest BCUT2D eigenvalue weighted by Crippen LogP contribution is 2.21. The van der Waals surface area contributed by atoms with Crippen molar-refractivity contribution in [2.24, 2.45) is 0 Å². The summed E-state index contributed by atoms with van der Waals surface area (Å²) in [7, 11) is 1.61. The van der Waals surface area contributed by atoms with Crippen LogP contribution in [-0.2, 0) is 4.79 Å². The Labute approximate surface area is 142 Å². The van der Waals surface area contributed by atoms with Gasteiger partial charge in [-0.25, -0.2) is 0 Å². The zero-order chi connectivity index (χ0) is 17.4. The Balaban J connectivity index is 2.09. The average molecular weight is 325 g/mol. The minimum atomic E-state index is -0.215. The lowest BCUT2D eigenvalue weighted by Crippen LogP contribution is -2.27. The molecule has 0 aromatic heterocycles. The van der Waals surface area contributed by atoms with Crippen LogP contribution in [0.4, 0.5) is 0 Å². The first-order chi connectivity index (χ1) is 11.6. The molecule has 4 nitrogen and oxygen atoms in total. The molecule has 1 unspecified atom stereocenters. The molecule has 0 aliphatic carbocycles. The molecule has 0 bridgehead atoms. The number of ether oxygens (including phenoxy) is 1. The fourth-order valence-electron chi connectivity index (χ4n) is 2.51. The van der Waals surface area contributed by atoms with Crippen LogP contribution in [0.3, 0.4) is 0 Å². The number of hydrogen-bond donors (Lipinski definition) is 2. The lowest BCUT2D eigenvalue weighted by atomic mass is 10.0. The van der Waals surface area contributed by atoms with Crippen molar-refractivity contribution in [1.82, 2.24) is 5.32 Å². The van der Waals surface area contributed by atoms with Gasteiger partial charge in [0.1, 0.15) is 5.75 Å². The minimum absolute atomic E-state index is 0.00918. The highest BCUT2D eigenvalue weighted by molar-refractivity contribution is 5.92. The van der Waals surface area contributed by atoms with Crippen molar-refractivity contribution in [3.05, 3.63) is 71.3 Å². The van der Waals surface area contributed by atoms with Crippen molar-refractivity contribution in [2.75, 3.05) is 13.7 Å². The standard InChI is InChI=1S/C20H23NO3/c1-15-8-10-19(24-2)17(14-15)9-11-20(23)21-18(12-13-22)16-6-4-3-5-7-16/h3-11,14,18,22H,12-13H2,1-2H3,(H,21,23)/b11-9+. The molecule has 0 spiro atoms. The summed E-state index contributed by atoms with van der Waals surface area (Å²) in [4.78, 5) is 12.2. The fraction of sp³-hybridized carbons (Fsp3) is 0.250. The van der Waals surface area contributed by atoms with E-state index in [0.29, 0.717) is 6.42 Å². The summed E-state index contributed by atoms with van der Waals surface area (Å²) in [6.45, 7) is 2.00. The lowest BCUT2D eigenvalue weighted by molar-refractivity contribution is -0.117. The molecule has 4 heteroatoms. The molecule has 2 aromatic carbocycles. The second-order valence-corrected chi connectivity index (χ2v) is 5.56. The van der Waals surface area contributed by atoms with E-state index in [9.17, 15) is 9.90 Å². The van der Waals surface area contributed by atoms with Crippen LogP contribution in [0.2, 0.25) is 0 Å². The quantitative estimate of drug-likeness (QED) is 0.768. The van der Waals surface area contributed by atoms with Crippen molar-refractivity contribution >= 4 is 12.0 Å². The predicted molar refractivity (Wildman–Crippen MR) is 95.8 cm³/mol. The van der Waals surface area contributed by atoms with Gasteiger partial charge in [0.05, 0.1) is 13.2 Å². The van der Waals surface area contributed by atoms with E-state index in [0.717, 1.165) is 22.4 Å². The van der Waals surface area contributed by atoms with E-state index in [2.05, 4.69) is 5.32 Å². The molecule has 0 fully saturated rings. The van der Waals surface area contributed by atoms with Crippen molar-refractivity contribution < 1.29 is 14.6 Å². The summed E-state index contributed by atoms with van der Waals surface area (Å²) >= 11 is 0. The summed E-state index contributed by atoms with van der Waals surface area (Å²) in [6, 6.07) is 15.2. The summed E-state index contributed by atoms with van der Waals surface area (Å²) < 4.78 is 5.31. The number of methoxy groups -OCH3 is 1. The molecular weight excluding hydrogens is 302 g/mol. The van der Waals surface area contributed by atoms with E-state index in [-0.39, 0.29) is 18.6 Å². The zero-order valence-electron chi connectivity index (χ0n) is 14.0. The maximum atomic E-state index is 12.2. The zero-order valence-corrected chi connectivity index (χ0v) is 14.0. The molecule has 1 amide bonds. The molecule has 1 atom stereocenters. The molecule has 0 aliphatic heterocycles. The van der Waals surface area contributed by atoms with Gasteiger partial charge in [-0.05, 0) is 37.1 Å². The van der Waals surface area contributed by atoms with Crippen molar-refractivity contribution in [3.63, 3.8) is 0 Å². The van der Waals surface area contributed by atoms with E-state index in [1.807, 2.05) is 55.5 Å². The SMILES string of the molecule is COc1ccc(C)cc1/C=C/C(=O)NC(CCO)c1ccccc1. The van der Waals surface area contributed by atoms with Crippen LogP contribution in [0, 0.1) is 6.92 Å². The second-order valence-electron chi connectivity index (χ2n) is 5.56. The first-order valence-corrected chi connectivity index (χ1v) is 7.93. The van der Waals surface area contributed by atoms with Crippen LogP contribution < -0.4 is 10.1 Å². The van der Waals surface area contributed by atoms with Gasteiger partial charge in [-0.1, -0.05) is 42.0 Å². The summed E-state index contributed by atoms with van der Waals surface area (Å²) in [5.41, 5.74) is 2.92. The van der Waals surface area contributed by atoms with Crippen LogP contribution in [0.15, 0.2) is 54.6 Å². The number of aliphatic hydroxyl groups excluding tert-OH is 1. The van der Waals surface area contributed by atoms with Crippen LogP contribution >= 0.6 is 0 Å². The number of amides is 1. The molecule has 0 saturated heterocycles. The normalized spacial score (nSPS) is 12.1. The molecule has 126 valence electrons. The van der Waals surface area contributed by atoms with E-state index in [4.69, 9.17) is 4.74 Å². The molecule has 24 heavy (non-hydrogen) atoms. The highest BCUT2D eigenvalue weighted by atomic mass is 16.5. The topological polar surface area (TPSA) is 58.6 Å². The van der Waals surface area contributed by atoms with E-state index >= 15 is 0 Å². The van der Waals surface area contributed by atoms with Gasteiger partial charge in [0.15, 0.2) is 0 Å². The van der Waals surface area contributed by atoms with E-state index < -0.39 is 0 Å². The largest absolute Gasteiger partial charge is 0.496 e. The monoisotopic (exact) mass is 325 g/mol. The number of nitrogens with one attached hydrogen (secondary N) is 1. The van der Waals surface area contributed by atoms with Gasteiger partial charge in [0, 0.05) is 18.2 Å². The van der Waals surface area contributed by atoms with Gasteiger partial charge >= 0.3 is 0 Å². The number of hydrogen-bond acceptors (Lipinski definition) is 3. The first kappa shape index (κ1) is 17.8. The number of rotatable bonds is 7. The second kappa shape index (κ2) is 8.89.